The summed E-state index contributed by atoms with van der Waals surface area (Å²) in [6.07, 6.45) is 6.86. The van der Waals surface area contributed by atoms with Crippen LogP contribution in [-0.2, 0) is 11.2 Å². The van der Waals surface area contributed by atoms with Crippen LogP contribution in [0.2, 0.25) is 5.02 Å². The van der Waals surface area contributed by atoms with Crippen molar-refractivity contribution in [2.24, 2.45) is 0 Å². The van der Waals surface area contributed by atoms with Gasteiger partial charge in [-0.2, -0.15) is 0 Å². The van der Waals surface area contributed by atoms with Crippen LogP contribution in [-0.4, -0.2) is 35.0 Å². The van der Waals surface area contributed by atoms with Crippen molar-refractivity contribution in [1.29, 1.82) is 0 Å². The Morgan fingerprint density at radius 1 is 0.944 bits per heavy atom. The molecule has 2 heterocycles. The lowest BCUT2D eigenvalue weighted by molar-refractivity contribution is -0.121. The van der Waals surface area contributed by atoms with Crippen LogP contribution in [0.5, 0.6) is 0 Å². The number of aryl methyl sites for hydroxylation is 2. The highest BCUT2D eigenvalue weighted by atomic mass is 35.5. The molecule has 0 fully saturated rings. The monoisotopic (exact) mass is 504 g/mol. The van der Waals surface area contributed by atoms with E-state index < -0.39 is 0 Å². The van der Waals surface area contributed by atoms with Gasteiger partial charge in [0.2, 0.25) is 5.91 Å². The van der Waals surface area contributed by atoms with Crippen molar-refractivity contribution in [3.05, 3.63) is 64.8 Å². The van der Waals surface area contributed by atoms with Crippen LogP contribution in [0.25, 0.3) is 22.5 Å². The van der Waals surface area contributed by atoms with Gasteiger partial charge < -0.3 is 10.2 Å². The van der Waals surface area contributed by atoms with Gasteiger partial charge in [-0.3, -0.25) is 4.79 Å². The van der Waals surface area contributed by atoms with Crippen molar-refractivity contribution in [2.75, 3.05) is 18.0 Å². The molecule has 0 saturated heterocycles. The number of hydrogen-bond acceptors (Lipinski definition) is 4. The Morgan fingerprint density at radius 3 is 2.28 bits per heavy atom. The summed E-state index contributed by atoms with van der Waals surface area (Å²) in [4.78, 5) is 24.7. The van der Waals surface area contributed by atoms with Gasteiger partial charge in [0.05, 0.1) is 17.1 Å². The zero-order chi connectivity index (χ0) is 25.5. The molecule has 5 nitrogen and oxygen atoms in total. The molecular weight excluding hydrogens is 468 g/mol. The highest BCUT2D eigenvalue weighted by Gasteiger charge is 2.23. The highest BCUT2D eigenvalue weighted by Crippen LogP contribution is 2.35. The number of aromatic nitrogens is 2. The van der Waals surface area contributed by atoms with Crippen LogP contribution in [0.1, 0.15) is 63.6 Å². The SMILES string of the molecule is Cc1ccc(-c2nc3c(nc2-c2ccc(Cl)cc2)CCCN3CCCCCCC(=O)NC(C)C)cc1. The molecule has 1 N–H and O–H groups in total. The van der Waals surface area contributed by atoms with E-state index in [2.05, 4.69) is 41.4 Å². The molecule has 0 spiro atoms. The fourth-order valence-electron chi connectivity index (χ4n) is 4.70. The molecule has 4 rings (SSSR count). The van der Waals surface area contributed by atoms with E-state index in [1.54, 1.807) is 0 Å². The summed E-state index contributed by atoms with van der Waals surface area (Å²) in [7, 11) is 0. The topological polar surface area (TPSA) is 58.1 Å². The van der Waals surface area contributed by atoms with Gasteiger partial charge in [-0.1, -0.05) is 66.4 Å². The van der Waals surface area contributed by atoms with Crippen LogP contribution in [0.4, 0.5) is 5.82 Å². The Morgan fingerprint density at radius 2 is 1.58 bits per heavy atom. The number of carbonyl (C=O) groups is 1. The molecule has 0 saturated carbocycles. The Labute approximate surface area is 220 Å². The van der Waals surface area contributed by atoms with Gasteiger partial charge in [0, 0.05) is 41.7 Å². The molecule has 2 aromatic carbocycles. The maximum absolute atomic E-state index is 11.8. The van der Waals surface area contributed by atoms with Crippen molar-refractivity contribution in [3.8, 4) is 22.5 Å². The lowest BCUT2D eigenvalue weighted by atomic mass is 10.0. The molecule has 0 atom stereocenters. The van der Waals surface area contributed by atoms with E-state index in [1.165, 1.54) is 5.56 Å². The fourth-order valence-corrected chi connectivity index (χ4v) is 4.83. The van der Waals surface area contributed by atoms with E-state index in [0.717, 1.165) is 85.6 Å². The van der Waals surface area contributed by atoms with Crippen LogP contribution in [0.3, 0.4) is 0 Å². The molecule has 0 bridgehead atoms. The van der Waals surface area contributed by atoms with Gasteiger partial charge in [0.25, 0.3) is 0 Å². The molecule has 6 heteroatoms. The van der Waals surface area contributed by atoms with Gasteiger partial charge in [-0.15, -0.1) is 0 Å². The second kappa shape index (κ2) is 12.4. The zero-order valence-corrected chi connectivity index (χ0v) is 22.4. The number of nitrogens with one attached hydrogen (secondary N) is 1. The van der Waals surface area contributed by atoms with Crippen molar-refractivity contribution in [3.63, 3.8) is 0 Å². The normalized spacial score (nSPS) is 13.1. The minimum absolute atomic E-state index is 0.158. The van der Waals surface area contributed by atoms with Gasteiger partial charge in [-0.25, -0.2) is 9.97 Å². The van der Waals surface area contributed by atoms with Crippen LogP contribution in [0.15, 0.2) is 48.5 Å². The second-order valence-electron chi connectivity index (χ2n) is 10.0. The zero-order valence-electron chi connectivity index (χ0n) is 21.7. The first-order chi connectivity index (χ1) is 17.4. The summed E-state index contributed by atoms with van der Waals surface area (Å²) in [5.74, 6) is 1.18. The first kappa shape index (κ1) is 26.2. The molecule has 190 valence electrons. The fraction of sp³-hybridized carbons (Fsp3) is 0.433. The largest absolute Gasteiger partial charge is 0.355 e. The van der Waals surface area contributed by atoms with Crippen molar-refractivity contribution in [2.45, 2.75) is 71.8 Å². The quantitative estimate of drug-likeness (QED) is 0.302. The number of amides is 1. The summed E-state index contributed by atoms with van der Waals surface area (Å²) in [5.41, 5.74) is 6.23. The molecule has 0 aliphatic carbocycles. The van der Waals surface area contributed by atoms with Crippen molar-refractivity contribution in [1.82, 2.24) is 15.3 Å². The molecule has 1 aromatic heterocycles. The lowest BCUT2D eigenvalue weighted by Crippen LogP contribution is -2.32. The Balaban J connectivity index is 1.50. The molecule has 1 amide bonds. The van der Waals surface area contributed by atoms with Crippen LogP contribution < -0.4 is 10.2 Å². The third-order valence-electron chi connectivity index (χ3n) is 6.56. The van der Waals surface area contributed by atoms with E-state index in [9.17, 15) is 4.79 Å². The first-order valence-electron chi connectivity index (χ1n) is 13.2. The number of fused-ring (bicyclic) bond motifs is 1. The van der Waals surface area contributed by atoms with Crippen molar-refractivity contribution >= 4 is 23.3 Å². The molecule has 36 heavy (non-hydrogen) atoms. The molecular formula is C30H37ClN4O. The first-order valence-corrected chi connectivity index (χ1v) is 13.6. The van der Waals surface area contributed by atoms with Gasteiger partial charge in [0.15, 0.2) is 5.82 Å². The minimum Gasteiger partial charge on any atom is -0.355 e. The van der Waals surface area contributed by atoms with E-state index in [0.29, 0.717) is 11.4 Å². The molecule has 0 unspecified atom stereocenters. The standard InChI is InChI=1S/C30H37ClN4O/c1-21(2)32-27(36)10-6-4-5-7-19-35-20-8-9-26-30(35)34-29(23-13-11-22(3)12-14-23)28(33-26)24-15-17-25(31)18-16-24/h11-18,21H,4-10,19-20H2,1-3H3,(H,32,36). The summed E-state index contributed by atoms with van der Waals surface area (Å²) in [6.45, 7) is 8.07. The third-order valence-corrected chi connectivity index (χ3v) is 6.81. The van der Waals surface area contributed by atoms with Gasteiger partial charge in [0.1, 0.15) is 0 Å². The minimum atomic E-state index is 0.158. The number of rotatable bonds is 10. The highest BCUT2D eigenvalue weighted by molar-refractivity contribution is 6.30. The van der Waals surface area contributed by atoms with Crippen molar-refractivity contribution < 1.29 is 4.79 Å². The number of benzene rings is 2. The van der Waals surface area contributed by atoms with Crippen LogP contribution >= 0.6 is 11.6 Å². The van der Waals surface area contributed by atoms with E-state index in [4.69, 9.17) is 21.6 Å². The lowest BCUT2D eigenvalue weighted by Gasteiger charge is -2.30. The third kappa shape index (κ3) is 6.85. The summed E-state index contributed by atoms with van der Waals surface area (Å²) >= 11 is 6.16. The smallest absolute Gasteiger partial charge is 0.220 e. The molecule has 1 aliphatic rings. The predicted molar refractivity (Wildman–Crippen MR) is 150 cm³/mol. The number of hydrogen-bond donors (Lipinski definition) is 1. The van der Waals surface area contributed by atoms with E-state index in [-0.39, 0.29) is 11.9 Å². The number of unbranched alkanes of at least 4 members (excludes halogenated alkanes) is 3. The predicted octanol–water partition coefficient (Wildman–Crippen LogP) is 7.00. The maximum Gasteiger partial charge on any atom is 0.220 e. The van der Waals surface area contributed by atoms with Gasteiger partial charge in [-0.05, 0) is 58.6 Å². The van der Waals surface area contributed by atoms with E-state index >= 15 is 0 Å². The van der Waals surface area contributed by atoms with Crippen LogP contribution in [0, 0.1) is 6.92 Å². The Kier molecular flexibility index (Phi) is 8.98. The maximum atomic E-state index is 11.8. The Bertz CT molecular complexity index is 1160. The summed E-state index contributed by atoms with van der Waals surface area (Å²) in [6, 6.07) is 16.6. The average Bonchev–Trinajstić information content (AvgIpc) is 2.86. The van der Waals surface area contributed by atoms with Gasteiger partial charge >= 0.3 is 0 Å². The average molecular weight is 505 g/mol. The van der Waals surface area contributed by atoms with E-state index in [1.807, 2.05) is 38.1 Å². The Hall–Kier alpha value is -2.92. The second-order valence-corrected chi connectivity index (χ2v) is 10.5. The number of anilines is 1. The molecule has 0 radical (unpaired) electrons. The molecule has 3 aromatic rings. The summed E-state index contributed by atoms with van der Waals surface area (Å²) < 4.78 is 0. The number of halogens is 1. The number of nitrogens with zero attached hydrogens (tertiary/aromatic N) is 3. The number of carbonyl (C=O) groups excluding carboxylic acids is 1. The molecule has 1 aliphatic heterocycles. The summed E-state index contributed by atoms with van der Waals surface area (Å²) in [5, 5.41) is 3.68.